The predicted molar refractivity (Wildman–Crippen MR) is 76.3 cm³/mol. The Morgan fingerprint density at radius 3 is 2.55 bits per heavy atom. The summed E-state index contributed by atoms with van der Waals surface area (Å²) in [5.41, 5.74) is 1.09. The minimum absolute atomic E-state index is 0.0888. The van der Waals surface area contributed by atoms with Crippen molar-refractivity contribution in [1.29, 1.82) is 0 Å². The number of hydrogen-bond donors (Lipinski definition) is 0. The molecule has 0 bridgehead atoms. The van der Waals surface area contributed by atoms with E-state index in [0.29, 0.717) is 12.4 Å². The molecule has 0 radical (unpaired) electrons. The topological polar surface area (TPSA) is 69.8 Å². The molecule has 0 saturated carbocycles. The SMILES string of the molecule is CC(C)c1nc(S(=O)(=O)Cl)cn1CCc1cnn(C)c1. The average Bonchev–Trinajstić information content (AvgIpc) is 2.91. The van der Waals surface area contributed by atoms with Crippen LogP contribution in [0.1, 0.15) is 31.2 Å². The minimum Gasteiger partial charge on any atom is -0.333 e. The van der Waals surface area contributed by atoms with Gasteiger partial charge in [-0.25, -0.2) is 13.4 Å². The van der Waals surface area contributed by atoms with Crippen LogP contribution in [0.3, 0.4) is 0 Å². The summed E-state index contributed by atoms with van der Waals surface area (Å²) in [5.74, 6) is 0.837. The van der Waals surface area contributed by atoms with Crippen molar-refractivity contribution in [2.75, 3.05) is 0 Å². The fourth-order valence-corrected chi connectivity index (χ4v) is 2.69. The van der Waals surface area contributed by atoms with Crippen LogP contribution in [0.4, 0.5) is 0 Å². The van der Waals surface area contributed by atoms with Gasteiger partial charge in [0.2, 0.25) is 0 Å². The van der Waals surface area contributed by atoms with Gasteiger partial charge in [0.05, 0.1) is 6.20 Å². The Balaban J connectivity index is 2.24. The summed E-state index contributed by atoms with van der Waals surface area (Å²) in [6.45, 7) is 4.57. The second-order valence-corrected chi connectivity index (χ2v) is 7.51. The maximum Gasteiger partial charge on any atom is 0.280 e. The fraction of sp³-hybridized carbons (Fsp3) is 0.500. The van der Waals surface area contributed by atoms with Crippen LogP contribution in [0.15, 0.2) is 23.6 Å². The van der Waals surface area contributed by atoms with Crippen LogP contribution >= 0.6 is 10.7 Å². The van der Waals surface area contributed by atoms with Gasteiger partial charge in [-0.2, -0.15) is 5.10 Å². The molecule has 2 aromatic rings. The van der Waals surface area contributed by atoms with Crippen molar-refractivity contribution in [3.63, 3.8) is 0 Å². The Hall–Kier alpha value is -1.34. The standard InChI is InChI=1S/C12H17ClN4O2S/c1-9(2)12-15-11(20(13,18)19)8-17(12)5-4-10-6-14-16(3)7-10/h6-9H,4-5H2,1-3H3. The van der Waals surface area contributed by atoms with Crippen LogP contribution in [0.25, 0.3) is 0 Å². The molecule has 8 heteroatoms. The zero-order valence-corrected chi connectivity index (χ0v) is 13.2. The molecule has 0 aliphatic rings. The molecule has 2 rings (SSSR count). The van der Waals surface area contributed by atoms with Crippen molar-refractivity contribution in [1.82, 2.24) is 19.3 Å². The molecular weight excluding hydrogens is 300 g/mol. The number of nitrogens with zero attached hydrogens (tertiary/aromatic N) is 4. The van der Waals surface area contributed by atoms with E-state index in [-0.39, 0.29) is 10.9 Å². The zero-order chi connectivity index (χ0) is 14.9. The second kappa shape index (κ2) is 5.57. The van der Waals surface area contributed by atoms with Crippen LogP contribution in [0, 0.1) is 0 Å². The summed E-state index contributed by atoms with van der Waals surface area (Å²) in [6, 6.07) is 0. The third-order valence-corrected chi connectivity index (χ3v) is 4.12. The average molecular weight is 317 g/mol. The Morgan fingerprint density at radius 1 is 1.35 bits per heavy atom. The van der Waals surface area contributed by atoms with Crippen LogP contribution in [-0.4, -0.2) is 27.7 Å². The van der Waals surface area contributed by atoms with E-state index in [2.05, 4.69) is 10.1 Å². The first-order valence-corrected chi connectivity index (χ1v) is 8.57. The number of halogens is 1. The van der Waals surface area contributed by atoms with Gasteiger partial charge in [0, 0.05) is 42.6 Å². The number of aromatic nitrogens is 4. The molecule has 0 amide bonds. The van der Waals surface area contributed by atoms with Crippen molar-refractivity contribution in [3.05, 3.63) is 30.0 Å². The maximum absolute atomic E-state index is 11.4. The summed E-state index contributed by atoms with van der Waals surface area (Å²) < 4.78 is 26.3. The molecule has 0 spiro atoms. The largest absolute Gasteiger partial charge is 0.333 e. The van der Waals surface area contributed by atoms with E-state index < -0.39 is 9.05 Å². The van der Waals surface area contributed by atoms with Crippen LogP contribution in [0.5, 0.6) is 0 Å². The van der Waals surface area contributed by atoms with Gasteiger partial charge in [-0.1, -0.05) is 13.8 Å². The number of hydrogen-bond acceptors (Lipinski definition) is 4. The second-order valence-electron chi connectivity index (χ2n) is 5.00. The summed E-state index contributed by atoms with van der Waals surface area (Å²) >= 11 is 0. The van der Waals surface area contributed by atoms with Crippen molar-refractivity contribution in [2.24, 2.45) is 7.05 Å². The van der Waals surface area contributed by atoms with Gasteiger partial charge in [0.25, 0.3) is 9.05 Å². The molecule has 6 nitrogen and oxygen atoms in total. The Bertz CT molecular complexity index is 703. The molecule has 2 heterocycles. The molecule has 0 fully saturated rings. The lowest BCUT2D eigenvalue weighted by Gasteiger charge is -2.08. The predicted octanol–water partition coefficient (Wildman–Crippen LogP) is 1.91. The highest BCUT2D eigenvalue weighted by molar-refractivity contribution is 8.13. The van der Waals surface area contributed by atoms with Gasteiger partial charge < -0.3 is 4.57 Å². The monoisotopic (exact) mass is 316 g/mol. The number of rotatable bonds is 5. The van der Waals surface area contributed by atoms with Crippen molar-refractivity contribution in [3.8, 4) is 0 Å². The van der Waals surface area contributed by atoms with Gasteiger partial charge in [-0.3, -0.25) is 4.68 Å². The van der Waals surface area contributed by atoms with Gasteiger partial charge in [0.1, 0.15) is 5.82 Å². The van der Waals surface area contributed by atoms with E-state index in [1.54, 1.807) is 10.9 Å². The van der Waals surface area contributed by atoms with Gasteiger partial charge in [-0.05, 0) is 12.0 Å². The molecule has 2 aromatic heterocycles. The zero-order valence-electron chi connectivity index (χ0n) is 11.6. The summed E-state index contributed by atoms with van der Waals surface area (Å²) in [5, 5.41) is 4.02. The molecule has 0 aliphatic heterocycles. The molecule has 0 N–H and O–H groups in total. The van der Waals surface area contributed by atoms with Crippen LogP contribution in [0.2, 0.25) is 0 Å². The van der Waals surface area contributed by atoms with E-state index in [9.17, 15) is 8.42 Å². The first-order valence-electron chi connectivity index (χ1n) is 6.26. The lowest BCUT2D eigenvalue weighted by molar-refractivity contribution is 0.606. The molecule has 110 valence electrons. The molecule has 0 atom stereocenters. The highest BCUT2D eigenvalue weighted by Gasteiger charge is 2.19. The van der Waals surface area contributed by atoms with E-state index in [1.165, 1.54) is 6.20 Å². The van der Waals surface area contributed by atoms with Gasteiger partial charge >= 0.3 is 0 Å². The van der Waals surface area contributed by atoms with Gasteiger partial charge in [0.15, 0.2) is 5.03 Å². The minimum atomic E-state index is -3.79. The van der Waals surface area contributed by atoms with E-state index in [0.717, 1.165) is 12.0 Å². The van der Waals surface area contributed by atoms with Crippen molar-refractivity contribution in [2.45, 2.75) is 37.8 Å². The molecule has 20 heavy (non-hydrogen) atoms. The fourth-order valence-electron chi connectivity index (χ4n) is 2.01. The number of imidazole rings is 1. The lowest BCUT2D eigenvalue weighted by Crippen LogP contribution is -2.06. The summed E-state index contributed by atoms with van der Waals surface area (Å²) in [4.78, 5) is 4.12. The Morgan fingerprint density at radius 2 is 2.05 bits per heavy atom. The molecule has 0 aliphatic carbocycles. The first-order chi connectivity index (χ1) is 9.27. The summed E-state index contributed by atoms with van der Waals surface area (Å²) in [7, 11) is 3.42. The van der Waals surface area contributed by atoms with Crippen LogP contribution in [-0.2, 0) is 29.1 Å². The normalized spacial score (nSPS) is 12.2. The first kappa shape index (κ1) is 15.1. The smallest absolute Gasteiger partial charge is 0.280 e. The lowest BCUT2D eigenvalue weighted by atomic mass is 10.2. The number of aryl methyl sites for hydroxylation is 3. The maximum atomic E-state index is 11.4. The molecule has 0 aromatic carbocycles. The van der Waals surface area contributed by atoms with E-state index >= 15 is 0 Å². The third kappa shape index (κ3) is 3.40. The van der Waals surface area contributed by atoms with Gasteiger partial charge in [-0.15, -0.1) is 0 Å². The van der Waals surface area contributed by atoms with Crippen molar-refractivity contribution < 1.29 is 8.42 Å². The highest BCUT2D eigenvalue weighted by Crippen LogP contribution is 2.20. The highest BCUT2D eigenvalue weighted by atomic mass is 35.7. The Kier molecular flexibility index (Phi) is 4.19. The molecule has 0 saturated heterocycles. The summed E-state index contributed by atoms with van der Waals surface area (Å²) in [6.07, 6.45) is 5.98. The molecular formula is C12H17ClN4O2S. The Labute approximate surface area is 122 Å². The van der Waals surface area contributed by atoms with Crippen LogP contribution < -0.4 is 0 Å². The quantitative estimate of drug-likeness (QED) is 0.790. The molecule has 0 unspecified atom stereocenters. The third-order valence-electron chi connectivity index (χ3n) is 2.95. The van der Waals surface area contributed by atoms with E-state index in [1.807, 2.05) is 31.7 Å². The van der Waals surface area contributed by atoms with E-state index in [4.69, 9.17) is 10.7 Å². The van der Waals surface area contributed by atoms with Crippen molar-refractivity contribution >= 4 is 19.7 Å².